The summed E-state index contributed by atoms with van der Waals surface area (Å²) in [6.45, 7) is 3.74. The number of methoxy groups -OCH3 is 1. The van der Waals surface area contributed by atoms with Crippen molar-refractivity contribution in [3.05, 3.63) is 29.8 Å². The molecule has 114 valence electrons. The minimum absolute atomic E-state index is 0.0258. The summed E-state index contributed by atoms with van der Waals surface area (Å²) in [7, 11) is 2.97. The van der Waals surface area contributed by atoms with Crippen molar-refractivity contribution in [3.63, 3.8) is 0 Å². The molecule has 0 N–H and O–H groups in total. The van der Waals surface area contributed by atoms with E-state index in [1.165, 1.54) is 12.1 Å². The lowest BCUT2D eigenvalue weighted by molar-refractivity contribution is -0.143. The Labute approximate surface area is 129 Å². The number of hydrazone groups is 1. The lowest BCUT2D eigenvalue weighted by atomic mass is 10.2. The van der Waals surface area contributed by atoms with Crippen LogP contribution in [0.2, 0.25) is 0 Å². The van der Waals surface area contributed by atoms with Crippen LogP contribution in [-0.2, 0) is 14.3 Å². The lowest BCUT2D eigenvalue weighted by Gasteiger charge is -2.22. The molecule has 0 amide bonds. The number of esters is 1. The molecular formula is C15H20N2O3S. The van der Waals surface area contributed by atoms with Crippen LogP contribution in [0.3, 0.4) is 0 Å². The SMILES string of the molecule is C/C=N/N(C)C(CC(=O)OC)C(=O)Sc1ccc(C)cc1. The van der Waals surface area contributed by atoms with Crippen molar-refractivity contribution in [2.45, 2.75) is 31.2 Å². The number of thioether (sulfide) groups is 1. The van der Waals surface area contributed by atoms with Crippen molar-refractivity contribution in [2.75, 3.05) is 14.2 Å². The summed E-state index contributed by atoms with van der Waals surface area (Å²) < 4.78 is 4.65. The second-order valence-electron chi connectivity index (χ2n) is 4.48. The van der Waals surface area contributed by atoms with Crippen molar-refractivity contribution in [3.8, 4) is 0 Å². The van der Waals surface area contributed by atoms with Crippen molar-refractivity contribution >= 4 is 29.1 Å². The molecule has 5 nitrogen and oxygen atoms in total. The molecule has 21 heavy (non-hydrogen) atoms. The Morgan fingerprint density at radius 1 is 1.38 bits per heavy atom. The van der Waals surface area contributed by atoms with Gasteiger partial charge in [0.05, 0.1) is 13.5 Å². The first-order valence-corrected chi connectivity index (χ1v) is 7.36. The number of carbonyl (C=O) groups excluding carboxylic acids is 2. The van der Waals surface area contributed by atoms with Crippen molar-refractivity contribution in [1.82, 2.24) is 5.01 Å². The maximum Gasteiger partial charge on any atom is 0.308 e. The third-order valence-corrected chi connectivity index (χ3v) is 3.83. The van der Waals surface area contributed by atoms with Crippen molar-refractivity contribution in [2.24, 2.45) is 5.10 Å². The Balaban J connectivity index is 2.83. The minimum atomic E-state index is -0.653. The molecule has 0 spiro atoms. The summed E-state index contributed by atoms with van der Waals surface area (Å²) in [6.07, 6.45) is 1.55. The summed E-state index contributed by atoms with van der Waals surface area (Å²) in [4.78, 5) is 24.7. The standard InChI is InChI=1S/C15H20N2O3S/c1-5-16-17(3)13(10-14(18)20-4)15(19)21-12-8-6-11(2)7-9-12/h5-9,13H,10H2,1-4H3/b16-5+. The molecule has 0 heterocycles. The average molecular weight is 308 g/mol. The molecule has 0 aliphatic heterocycles. The number of aryl methyl sites for hydroxylation is 1. The number of benzene rings is 1. The van der Waals surface area contributed by atoms with Crippen LogP contribution in [-0.4, -0.2) is 42.5 Å². The van der Waals surface area contributed by atoms with E-state index in [-0.39, 0.29) is 11.5 Å². The fraction of sp³-hybridized carbons (Fsp3) is 0.400. The fourth-order valence-electron chi connectivity index (χ4n) is 1.66. The summed E-state index contributed by atoms with van der Waals surface area (Å²) in [5.74, 6) is -0.434. The quantitative estimate of drug-likeness (QED) is 0.350. The van der Waals surface area contributed by atoms with Crippen LogP contribution in [0.5, 0.6) is 0 Å². The second-order valence-corrected chi connectivity index (χ2v) is 5.56. The number of carbonyl (C=O) groups is 2. The maximum atomic E-state index is 12.4. The molecular weight excluding hydrogens is 288 g/mol. The van der Waals surface area contributed by atoms with E-state index in [0.717, 1.165) is 22.2 Å². The number of rotatable bonds is 6. The van der Waals surface area contributed by atoms with Crippen LogP contribution in [0.15, 0.2) is 34.3 Å². The molecule has 1 aromatic rings. The topological polar surface area (TPSA) is 59.0 Å². The molecule has 0 saturated carbocycles. The van der Waals surface area contributed by atoms with E-state index in [2.05, 4.69) is 9.84 Å². The summed E-state index contributed by atoms with van der Waals surface area (Å²) in [6, 6.07) is 7.00. The van der Waals surface area contributed by atoms with Gasteiger partial charge in [-0.2, -0.15) is 5.10 Å². The van der Waals surface area contributed by atoms with E-state index < -0.39 is 12.0 Å². The third-order valence-electron chi connectivity index (χ3n) is 2.85. The molecule has 0 fully saturated rings. The number of nitrogens with zero attached hydrogens (tertiary/aromatic N) is 2. The van der Waals surface area contributed by atoms with E-state index in [4.69, 9.17) is 0 Å². The first-order chi connectivity index (χ1) is 9.97. The Hall–Kier alpha value is -1.82. The zero-order chi connectivity index (χ0) is 15.8. The molecule has 0 aliphatic carbocycles. The van der Waals surface area contributed by atoms with Crippen LogP contribution >= 0.6 is 11.8 Å². The van der Waals surface area contributed by atoms with Gasteiger partial charge in [0, 0.05) is 18.2 Å². The summed E-state index contributed by atoms with van der Waals surface area (Å²) in [5, 5.41) is 5.40. The van der Waals surface area contributed by atoms with Crippen LogP contribution in [0.25, 0.3) is 0 Å². The average Bonchev–Trinajstić information content (AvgIpc) is 2.46. The van der Waals surface area contributed by atoms with Crippen LogP contribution in [0.4, 0.5) is 0 Å². The maximum absolute atomic E-state index is 12.4. The number of ether oxygens (including phenoxy) is 1. The largest absolute Gasteiger partial charge is 0.469 e. The first-order valence-electron chi connectivity index (χ1n) is 6.54. The van der Waals surface area contributed by atoms with Gasteiger partial charge in [-0.15, -0.1) is 0 Å². The van der Waals surface area contributed by atoms with Gasteiger partial charge in [-0.3, -0.25) is 14.6 Å². The molecule has 0 saturated heterocycles. The van der Waals surface area contributed by atoms with E-state index in [1.807, 2.05) is 31.2 Å². The molecule has 0 bridgehead atoms. The highest BCUT2D eigenvalue weighted by Crippen LogP contribution is 2.23. The summed E-state index contributed by atoms with van der Waals surface area (Å²) >= 11 is 1.10. The molecule has 1 aromatic carbocycles. The van der Waals surface area contributed by atoms with Crippen LogP contribution < -0.4 is 0 Å². The van der Waals surface area contributed by atoms with Crippen LogP contribution in [0, 0.1) is 6.92 Å². The normalized spacial score (nSPS) is 12.2. The van der Waals surface area contributed by atoms with Gasteiger partial charge in [-0.1, -0.05) is 17.7 Å². The van der Waals surface area contributed by atoms with Gasteiger partial charge in [0.25, 0.3) is 0 Å². The van der Waals surface area contributed by atoms with Gasteiger partial charge in [0.1, 0.15) is 6.04 Å². The smallest absolute Gasteiger partial charge is 0.308 e. The molecule has 0 aliphatic rings. The second kappa shape index (κ2) is 8.46. The van der Waals surface area contributed by atoms with E-state index in [9.17, 15) is 9.59 Å². The zero-order valence-electron chi connectivity index (χ0n) is 12.7. The van der Waals surface area contributed by atoms with Crippen molar-refractivity contribution < 1.29 is 14.3 Å². The van der Waals surface area contributed by atoms with Gasteiger partial charge in [-0.05, 0) is 37.7 Å². The number of hydrogen-bond donors (Lipinski definition) is 0. The van der Waals surface area contributed by atoms with Gasteiger partial charge < -0.3 is 4.74 Å². The lowest BCUT2D eigenvalue weighted by Crippen LogP contribution is -2.36. The van der Waals surface area contributed by atoms with Gasteiger partial charge in [0.15, 0.2) is 0 Å². The van der Waals surface area contributed by atoms with E-state index in [1.54, 1.807) is 20.2 Å². The third kappa shape index (κ3) is 5.59. The molecule has 6 heteroatoms. The highest BCUT2D eigenvalue weighted by Gasteiger charge is 2.26. The Bertz CT molecular complexity index is 514. The van der Waals surface area contributed by atoms with E-state index in [0.29, 0.717) is 0 Å². The monoisotopic (exact) mass is 308 g/mol. The van der Waals surface area contributed by atoms with E-state index >= 15 is 0 Å². The van der Waals surface area contributed by atoms with Gasteiger partial charge in [0.2, 0.25) is 5.12 Å². The Kier molecular flexibility index (Phi) is 6.94. The first kappa shape index (κ1) is 17.2. The molecule has 0 aromatic heterocycles. The molecule has 1 atom stereocenters. The molecule has 1 rings (SSSR count). The van der Waals surface area contributed by atoms with Crippen LogP contribution in [0.1, 0.15) is 18.9 Å². The number of likely N-dealkylation sites (N-methyl/N-ethyl adjacent to an activating group) is 1. The fourth-order valence-corrected chi connectivity index (χ4v) is 2.54. The zero-order valence-corrected chi connectivity index (χ0v) is 13.5. The predicted octanol–water partition coefficient (Wildman–Crippen LogP) is 2.48. The molecule has 1 unspecified atom stereocenters. The number of hydrogen-bond acceptors (Lipinski definition) is 6. The Morgan fingerprint density at radius 2 is 2.00 bits per heavy atom. The predicted molar refractivity (Wildman–Crippen MR) is 84.4 cm³/mol. The highest BCUT2D eigenvalue weighted by molar-refractivity contribution is 8.13. The Morgan fingerprint density at radius 3 is 2.52 bits per heavy atom. The highest BCUT2D eigenvalue weighted by atomic mass is 32.2. The van der Waals surface area contributed by atoms with Gasteiger partial charge >= 0.3 is 5.97 Å². The summed E-state index contributed by atoms with van der Waals surface area (Å²) in [5.41, 5.74) is 1.13. The minimum Gasteiger partial charge on any atom is -0.469 e. The molecule has 0 radical (unpaired) electrons. The van der Waals surface area contributed by atoms with Crippen molar-refractivity contribution in [1.29, 1.82) is 0 Å². The van der Waals surface area contributed by atoms with Gasteiger partial charge in [-0.25, -0.2) is 0 Å².